The van der Waals surface area contributed by atoms with Crippen LogP contribution < -0.4 is 5.32 Å². The van der Waals surface area contributed by atoms with Crippen LogP contribution in [0.4, 0.5) is 0 Å². The summed E-state index contributed by atoms with van der Waals surface area (Å²) in [5, 5.41) is 5.43. The Hall–Kier alpha value is -0.450. The van der Waals surface area contributed by atoms with Crippen LogP contribution in [-0.2, 0) is 11.3 Å². The third-order valence-corrected chi connectivity index (χ3v) is 2.37. The van der Waals surface area contributed by atoms with Crippen molar-refractivity contribution in [3.63, 3.8) is 0 Å². The van der Waals surface area contributed by atoms with Gasteiger partial charge in [0.2, 0.25) is 0 Å². The van der Waals surface area contributed by atoms with Gasteiger partial charge < -0.3 is 10.1 Å². The Balaban J connectivity index is 2.33. The van der Waals surface area contributed by atoms with Crippen LogP contribution in [0.2, 0.25) is 0 Å². The molecule has 0 fully saturated rings. The van der Waals surface area contributed by atoms with Gasteiger partial charge in [0, 0.05) is 24.6 Å². The number of rotatable bonds is 5. The Bertz CT molecular complexity index is 234. The van der Waals surface area contributed by atoms with E-state index in [9.17, 15) is 0 Å². The molecule has 13 heavy (non-hydrogen) atoms. The van der Waals surface area contributed by atoms with E-state index >= 15 is 0 Å². The first-order chi connectivity index (χ1) is 6.14. The fraction of sp³-hybridized carbons (Fsp3) is 0.667. The first kappa shape index (κ1) is 10.6. The maximum atomic E-state index is 5.10. The summed E-state index contributed by atoms with van der Waals surface area (Å²) in [6, 6.07) is 0. The SMILES string of the molecule is COCC(C)(C)NCc1cscn1. The van der Waals surface area contributed by atoms with Crippen LogP contribution in [0.5, 0.6) is 0 Å². The number of methoxy groups -OCH3 is 1. The van der Waals surface area contributed by atoms with E-state index < -0.39 is 0 Å². The number of ether oxygens (including phenoxy) is 1. The Morgan fingerprint density at radius 2 is 2.38 bits per heavy atom. The van der Waals surface area contributed by atoms with Gasteiger partial charge >= 0.3 is 0 Å². The highest BCUT2D eigenvalue weighted by Gasteiger charge is 2.16. The number of hydrogen-bond donors (Lipinski definition) is 1. The van der Waals surface area contributed by atoms with E-state index in [0.717, 1.165) is 12.2 Å². The molecular weight excluding hydrogens is 184 g/mol. The third kappa shape index (κ3) is 3.85. The molecule has 0 atom stereocenters. The quantitative estimate of drug-likeness (QED) is 0.785. The molecule has 0 aliphatic rings. The molecule has 1 rings (SSSR count). The van der Waals surface area contributed by atoms with Crippen molar-refractivity contribution in [3.05, 3.63) is 16.6 Å². The minimum Gasteiger partial charge on any atom is -0.383 e. The highest BCUT2D eigenvalue weighted by atomic mass is 32.1. The van der Waals surface area contributed by atoms with E-state index in [1.165, 1.54) is 0 Å². The molecular formula is C9H16N2OS. The van der Waals surface area contributed by atoms with E-state index in [4.69, 9.17) is 4.74 Å². The van der Waals surface area contributed by atoms with Crippen molar-refractivity contribution < 1.29 is 4.74 Å². The third-order valence-electron chi connectivity index (χ3n) is 1.74. The van der Waals surface area contributed by atoms with Gasteiger partial charge in [-0.25, -0.2) is 4.98 Å². The minimum absolute atomic E-state index is 0.0123. The average Bonchev–Trinajstić information content (AvgIpc) is 2.52. The first-order valence-electron chi connectivity index (χ1n) is 4.25. The summed E-state index contributed by atoms with van der Waals surface area (Å²) < 4.78 is 5.10. The summed E-state index contributed by atoms with van der Waals surface area (Å²) in [6.07, 6.45) is 0. The van der Waals surface area contributed by atoms with Crippen LogP contribution in [0.1, 0.15) is 19.5 Å². The van der Waals surface area contributed by atoms with Gasteiger partial charge in [-0.3, -0.25) is 0 Å². The Kier molecular flexibility index (Phi) is 3.84. The van der Waals surface area contributed by atoms with Gasteiger partial charge in [0.05, 0.1) is 17.8 Å². The van der Waals surface area contributed by atoms with Gasteiger partial charge in [0.15, 0.2) is 0 Å². The molecule has 0 aromatic carbocycles. The molecule has 4 heteroatoms. The maximum Gasteiger partial charge on any atom is 0.0795 e. The van der Waals surface area contributed by atoms with Gasteiger partial charge in [-0.1, -0.05) is 0 Å². The van der Waals surface area contributed by atoms with Gasteiger partial charge in [0.1, 0.15) is 0 Å². The molecule has 3 nitrogen and oxygen atoms in total. The van der Waals surface area contributed by atoms with Crippen molar-refractivity contribution in [2.45, 2.75) is 25.9 Å². The van der Waals surface area contributed by atoms with Crippen LogP contribution in [0.3, 0.4) is 0 Å². The van der Waals surface area contributed by atoms with Gasteiger partial charge in [-0.15, -0.1) is 11.3 Å². The molecule has 0 radical (unpaired) electrons. The van der Waals surface area contributed by atoms with Gasteiger partial charge in [0.25, 0.3) is 0 Å². The van der Waals surface area contributed by atoms with Crippen molar-refractivity contribution in [1.82, 2.24) is 10.3 Å². The molecule has 0 saturated heterocycles. The van der Waals surface area contributed by atoms with Crippen molar-refractivity contribution in [2.75, 3.05) is 13.7 Å². The Morgan fingerprint density at radius 1 is 1.62 bits per heavy atom. The summed E-state index contributed by atoms with van der Waals surface area (Å²) in [7, 11) is 1.71. The Morgan fingerprint density at radius 3 is 2.92 bits per heavy atom. The molecule has 1 aromatic heterocycles. The predicted octanol–water partition coefficient (Wildman–Crippen LogP) is 1.66. The molecule has 0 aliphatic carbocycles. The molecule has 0 unspecified atom stereocenters. The second-order valence-corrected chi connectivity index (χ2v) is 4.37. The van der Waals surface area contributed by atoms with Crippen LogP contribution in [-0.4, -0.2) is 24.2 Å². The lowest BCUT2D eigenvalue weighted by molar-refractivity contribution is 0.127. The smallest absolute Gasteiger partial charge is 0.0795 e. The number of nitrogens with one attached hydrogen (secondary N) is 1. The molecule has 0 saturated carbocycles. The predicted molar refractivity (Wildman–Crippen MR) is 54.9 cm³/mol. The average molecular weight is 200 g/mol. The Labute approximate surface area is 83.1 Å². The fourth-order valence-corrected chi connectivity index (χ4v) is 1.62. The second kappa shape index (κ2) is 4.69. The molecule has 0 aliphatic heterocycles. The number of nitrogens with zero attached hydrogens (tertiary/aromatic N) is 1. The zero-order valence-electron chi connectivity index (χ0n) is 8.33. The zero-order valence-corrected chi connectivity index (χ0v) is 9.15. The van der Waals surface area contributed by atoms with Crippen LogP contribution >= 0.6 is 11.3 Å². The lowest BCUT2D eigenvalue weighted by Crippen LogP contribution is -2.42. The molecule has 0 bridgehead atoms. The minimum atomic E-state index is 0.0123. The summed E-state index contributed by atoms with van der Waals surface area (Å²) in [5.41, 5.74) is 2.95. The van der Waals surface area contributed by atoms with E-state index in [1.807, 2.05) is 5.51 Å². The van der Waals surface area contributed by atoms with Crippen LogP contribution in [0.15, 0.2) is 10.9 Å². The van der Waals surface area contributed by atoms with Gasteiger partial charge in [-0.05, 0) is 13.8 Å². The maximum absolute atomic E-state index is 5.10. The van der Waals surface area contributed by atoms with Crippen molar-refractivity contribution in [2.24, 2.45) is 0 Å². The summed E-state index contributed by atoms with van der Waals surface area (Å²) in [4.78, 5) is 4.19. The van der Waals surface area contributed by atoms with Crippen LogP contribution in [0, 0.1) is 0 Å². The van der Waals surface area contributed by atoms with Crippen molar-refractivity contribution >= 4 is 11.3 Å². The van der Waals surface area contributed by atoms with E-state index in [0.29, 0.717) is 6.61 Å². The normalized spacial score (nSPS) is 11.9. The van der Waals surface area contributed by atoms with Gasteiger partial charge in [-0.2, -0.15) is 0 Å². The number of hydrogen-bond acceptors (Lipinski definition) is 4. The molecule has 1 aromatic rings. The lowest BCUT2D eigenvalue weighted by atomic mass is 10.1. The molecule has 74 valence electrons. The summed E-state index contributed by atoms with van der Waals surface area (Å²) in [6.45, 7) is 5.74. The molecule has 0 spiro atoms. The van der Waals surface area contributed by atoms with E-state index in [1.54, 1.807) is 18.4 Å². The summed E-state index contributed by atoms with van der Waals surface area (Å²) >= 11 is 1.62. The number of thiazole rings is 1. The monoisotopic (exact) mass is 200 g/mol. The zero-order chi connectivity index (χ0) is 9.73. The summed E-state index contributed by atoms with van der Waals surface area (Å²) in [5.74, 6) is 0. The van der Waals surface area contributed by atoms with Crippen LogP contribution in [0.25, 0.3) is 0 Å². The molecule has 1 N–H and O–H groups in total. The molecule has 0 amide bonds. The van der Waals surface area contributed by atoms with Crippen molar-refractivity contribution in [1.29, 1.82) is 0 Å². The fourth-order valence-electron chi connectivity index (χ4n) is 1.07. The number of aromatic nitrogens is 1. The second-order valence-electron chi connectivity index (χ2n) is 3.65. The first-order valence-corrected chi connectivity index (χ1v) is 5.19. The van der Waals surface area contributed by atoms with E-state index in [2.05, 4.69) is 29.5 Å². The molecule has 1 heterocycles. The topological polar surface area (TPSA) is 34.1 Å². The standard InChI is InChI=1S/C9H16N2OS/c1-9(2,6-12-3)11-4-8-5-13-7-10-8/h5,7,11H,4,6H2,1-3H3. The van der Waals surface area contributed by atoms with Crippen molar-refractivity contribution in [3.8, 4) is 0 Å². The highest BCUT2D eigenvalue weighted by molar-refractivity contribution is 7.07. The lowest BCUT2D eigenvalue weighted by Gasteiger charge is -2.24. The van der Waals surface area contributed by atoms with E-state index in [-0.39, 0.29) is 5.54 Å². The largest absolute Gasteiger partial charge is 0.383 e. The highest BCUT2D eigenvalue weighted by Crippen LogP contribution is 2.06.